The Morgan fingerprint density at radius 3 is 2.53 bits per heavy atom. The molecule has 3 fully saturated rings. The number of carbonyl (C=O) groups excluding carboxylic acids is 4. The molecule has 2 N–H and O–H groups in total. The van der Waals surface area contributed by atoms with Gasteiger partial charge in [0.1, 0.15) is 29.2 Å². The number of carbonyl (C=O) groups is 4. The van der Waals surface area contributed by atoms with Crippen molar-refractivity contribution < 1.29 is 23.6 Å². The Balaban J connectivity index is 0.886. The third-order valence-corrected chi connectivity index (χ3v) is 10.1. The molecule has 51 heavy (non-hydrogen) atoms. The number of nitrogens with one attached hydrogen (secondary N) is 2. The van der Waals surface area contributed by atoms with Gasteiger partial charge in [0.15, 0.2) is 5.65 Å². The van der Waals surface area contributed by atoms with E-state index in [4.69, 9.17) is 10.1 Å². The van der Waals surface area contributed by atoms with Crippen LogP contribution < -0.4 is 20.4 Å². The van der Waals surface area contributed by atoms with Crippen LogP contribution in [0.4, 0.5) is 21.7 Å². The molecule has 4 aliphatic heterocycles. The summed E-state index contributed by atoms with van der Waals surface area (Å²) in [6.45, 7) is 2.14. The van der Waals surface area contributed by atoms with E-state index in [1.165, 1.54) is 6.07 Å². The minimum absolute atomic E-state index is 0.0411. The predicted octanol–water partition coefficient (Wildman–Crippen LogP) is 3.97. The number of hydrogen-bond acceptors (Lipinski definition) is 10. The Morgan fingerprint density at radius 2 is 1.69 bits per heavy atom. The first kappa shape index (κ1) is 30.8. The molecule has 0 spiro atoms. The van der Waals surface area contributed by atoms with Gasteiger partial charge in [0.25, 0.3) is 11.8 Å². The van der Waals surface area contributed by atoms with Crippen molar-refractivity contribution in [2.75, 3.05) is 34.8 Å². The summed E-state index contributed by atoms with van der Waals surface area (Å²) in [6, 6.07) is 20.6. The number of piperidine rings is 1. The number of imidazole rings is 1. The van der Waals surface area contributed by atoms with Crippen LogP contribution in [-0.2, 0) is 9.59 Å². The van der Waals surface area contributed by atoms with E-state index in [1.807, 2.05) is 40.9 Å². The molecular weight excluding hydrogens is 653 g/mol. The maximum absolute atomic E-state index is 14.0. The summed E-state index contributed by atoms with van der Waals surface area (Å²) >= 11 is 0. The topological polar surface area (TPSA) is 145 Å². The van der Waals surface area contributed by atoms with Gasteiger partial charge in [0.2, 0.25) is 11.8 Å². The molecule has 3 saturated heterocycles. The Morgan fingerprint density at radius 1 is 0.843 bits per heavy atom. The Bertz CT molecular complexity index is 2270. The molecule has 256 valence electrons. The van der Waals surface area contributed by atoms with Gasteiger partial charge >= 0.3 is 0 Å². The van der Waals surface area contributed by atoms with Gasteiger partial charge < -0.3 is 15.1 Å². The van der Waals surface area contributed by atoms with Crippen molar-refractivity contribution in [2.45, 2.75) is 43.8 Å². The number of halogens is 1. The molecule has 0 bridgehead atoms. The summed E-state index contributed by atoms with van der Waals surface area (Å²) < 4.78 is 15.9. The number of aromatic nitrogens is 4. The fourth-order valence-corrected chi connectivity index (χ4v) is 7.59. The lowest BCUT2D eigenvalue weighted by molar-refractivity contribution is -0.136. The fourth-order valence-electron chi connectivity index (χ4n) is 7.59. The maximum Gasteiger partial charge on any atom is 0.262 e. The van der Waals surface area contributed by atoms with E-state index in [1.54, 1.807) is 36.5 Å². The van der Waals surface area contributed by atoms with E-state index in [-0.39, 0.29) is 41.9 Å². The van der Waals surface area contributed by atoms with Crippen LogP contribution >= 0.6 is 0 Å². The summed E-state index contributed by atoms with van der Waals surface area (Å²) in [5.74, 6) is -0.755. The van der Waals surface area contributed by atoms with Crippen LogP contribution in [0.2, 0.25) is 0 Å². The Labute approximate surface area is 291 Å². The van der Waals surface area contributed by atoms with Crippen LogP contribution in [0.3, 0.4) is 0 Å². The average Bonchev–Trinajstić information content (AvgIpc) is 3.83. The normalized spacial score (nSPS) is 20.6. The minimum atomic E-state index is -1.00. The number of pyridine rings is 1. The third kappa shape index (κ3) is 5.34. The van der Waals surface area contributed by atoms with Crippen LogP contribution in [0.15, 0.2) is 79.0 Å². The van der Waals surface area contributed by atoms with Crippen LogP contribution in [0.5, 0.6) is 0 Å². The van der Waals surface area contributed by atoms with Crippen molar-refractivity contribution >= 4 is 46.6 Å². The van der Waals surface area contributed by atoms with Crippen molar-refractivity contribution in [1.29, 1.82) is 0 Å². The zero-order valence-corrected chi connectivity index (χ0v) is 27.3. The maximum atomic E-state index is 14.0. The predicted molar refractivity (Wildman–Crippen MR) is 185 cm³/mol. The van der Waals surface area contributed by atoms with Crippen molar-refractivity contribution in [3.63, 3.8) is 0 Å². The quantitative estimate of drug-likeness (QED) is 0.242. The van der Waals surface area contributed by atoms with Gasteiger partial charge in [0, 0.05) is 31.7 Å². The minimum Gasteiger partial charge on any atom is -0.379 e. The number of benzene rings is 2. The molecular formula is C37H32FN9O4. The number of hydrogen-bond donors (Lipinski definition) is 2. The molecule has 9 rings (SSSR count). The van der Waals surface area contributed by atoms with Gasteiger partial charge in [-0.3, -0.25) is 29.4 Å². The number of amides is 4. The summed E-state index contributed by atoms with van der Waals surface area (Å²) in [5, 5.41) is 10.6. The standard InChI is InChI=1S/C37H32FN9O4/c38-22-5-1-4-21(16-22)28-7-3-15-45(28)33-13-12-31-39-18-30(47(31)43-33)27-6-2-8-32(41-27)44-19-24(20-44)40-23-9-10-25-26(17-23)37(51)46(36(25)50)29-11-14-34(48)42-35(29)49/h1-2,4-6,8-10,12-13,16-18,24,28-29,40H,3,7,11,14-15,19-20H2,(H,42,48,49). The molecule has 0 aliphatic carbocycles. The van der Waals surface area contributed by atoms with Crippen molar-refractivity contribution in [3.8, 4) is 11.4 Å². The number of fused-ring (bicyclic) bond motifs is 2. The smallest absolute Gasteiger partial charge is 0.262 e. The van der Waals surface area contributed by atoms with E-state index in [9.17, 15) is 23.6 Å². The number of anilines is 3. The van der Waals surface area contributed by atoms with Gasteiger partial charge in [-0.2, -0.15) is 0 Å². The molecule has 0 saturated carbocycles. The monoisotopic (exact) mass is 685 g/mol. The van der Waals surface area contributed by atoms with Crippen molar-refractivity contribution in [1.82, 2.24) is 29.8 Å². The fraction of sp³-hybridized carbons (Fsp3) is 0.270. The highest BCUT2D eigenvalue weighted by molar-refractivity contribution is 6.23. The van der Waals surface area contributed by atoms with Crippen molar-refractivity contribution in [2.24, 2.45) is 0 Å². The Hall–Kier alpha value is -6.18. The molecule has 7 heterocycles. The van der Waals surface area contributed by atoms with Crippen LogP contribution in [0.1, 0.15) is 58.0 Å². The second-order valence-corrected chi connectivity index (χ2v) is 13.3. The summed E-state index contributed by atoms with van der Waals surface area (Å²) in [6.07, 6.45) is 3.86. The van der Waals surface area contributed by atoms with Crippen LogP contribution in [0, 0.1) is 5.82 Å². The lowest BCUT2D eigenvalue weighted by Gasteiger charge is -2.41. The second-order valence-electron chi connectivity index (χ2n) is 13.3. The van der Waals surface area contributed by atoms with Crippen molar-refractivity contribution in [3.05, 3.63) is 102 Å². The number of imide groups is 2. The lowest BCUT2D eigenvalue weighted by atomic mass is 10.0. The van der Waals surface area contributed by atoms with Crippen LogP contribution in [-0.4, -0.2) is 79.8 Å². The van der Waals surface area contributed by atoms with Gasteiger partial charge in [0.05, 0.1) is 35.1 Å². The third-order valence-electron chi connectivity index (χ3n) is 10.1. The van der Waals surface area contributed by atoms with E-state index < -0.39 is 29.7 Å². The van der Waals surface area contributed by atoms with Gasteiger partial charge in [-0.05, 0) is 79.4 Å². The lowest BCUT2D eigenvalue weighted by Crippen LogP contribution is -2.55. The number of rotatable bonds is 7. The Kier molecular flexibility index (Phi) is 7.26. The molecule has 4 amide bonds. The zero-order valence-electron chi connectivity index (χ0n) is 27.3. The van der Waals surface area contributed by atoms with E-state index in [0.717, 1.165) is 52.9 Å². The molecule has 0 radical (unpaired) electrons. The molecule has 2 aromatic carbocycles. The van der Waals surface area contributed by atoms with Gasteiger partial charge in [-0.25, -0.2) is 18.9 Å². The molecule has 13 nitrogen and oxygen atoms in total. The van der Waals surface area contributed by atoms with E-state index in [2.05, 4.69) is 25.4 Å². The molecule has 2 atom stereocenters. The molecule has 3 aromatic heterocycles. The highest BCUT2D eigenvalue weighted by Gasteiger charge is 2.44. The first-order valence-corrected chi connectivity index (χ1v) is 17.0. The molecule has 14 heteroatoms. The SMILES string of the molecule is O=C1CCC(N2C(=O)c3ccc(NC4CN(c5cccc(-c6cnc7ccc(N8CCCC8c8cccc(F)c8)nn67)n5)C4)cc3C2=O)C(=O)N1. The number of nitrogens with zero attached hydrogens (tertiary/aromatic N) is 7. The van der Waals surface area contributed by atoms with E-state index in [0.29, 0.717) is 24.4 Å². The average molecular weight is 686 g/mol. The zero-order chi connectivity index (χ0) is 34.8. The van der Waals surface area contributed by atoms with Gasteiger partial charge in [-0.1, -0.05) is 18.2 Å². The molecule has 4 aliphatic rings. The summed E-state index contributed by atoms with van der Waals surface area (Å²) in [4.78, 5) is 65.1. The highest BCUT2D eigenvalue weighted by atomic mass is 19.1. The van der Waals surface area contributed by atoms with Crippen LogP contribution in [0.25, 0.3) is 17.0 Å². The largest absolute Gasteiger partial charge is 0.379 e. The highest BCUT2D eigenvalue weighted by Crippen LogP contribution is 2.36. The molecule has 5 aromatic rings. The first-order valence-electron chi connectivity index (χ1n) is 17.0. The summed E-state index contributed by atoms with van der Waals surface area (Å²) in [7, 11) is 0. The molecule has 2 unspecified atom stereocenters. The van der Waals surface area contributed by atoms with E-state index >= 15 is 0 Å². The second kappa shape index (κ2) is 12.0. The summed E-state index contributed by atoms with van der Waals surface area (Å²) in [5.41, 5.74) is 4.29. The van der Waals surface area contributed by atoms with Gasteiger partial charge in [-0.15, -0.1) is 5.10 Å². The first-order chi connectivity index (χ1) is 24.8.